The lowest BCUT2D eigenvalue weighted by Crippen LogP contribution is -2.22. The van der Waals surface area contributed by atoms with Crippen molar-refractivity contribution in [2.24, 2.45) is 0 Å². The van der Waals surface area contributed by atoms with E-state index < -0.39 is 0 Å². The molecule has 3 nitrogen and oxygen atoms in total. The molecule has 1 aromatic carbocycles. The number of carbonyl (C=O) groups excluding carboxylic acids is 1. The first-order valence-corrected chi connectivity index (χ1v) is 6.14. The highest BCUT2D eigenvalue weighted by atomic mass is 16.1. The van der Waals surface area contributed by atoms with Gasteiger partial charge in [-0.2, -0.15) is 0 Å². The number of pyridine rings is 1. The topological polar surface area (TPSA) is 42.0 Å². The summed E-state index contributed by atoms with van der Waals surface area (Å²) in [6.07, 6.45) is 7.34. The standard InChI is InChI=1S/C15H14N2O/c18-15-8-6-12(17-15)5-7-14-13-4-2-1-3-11(13)9-10-16-14/h1-5,7,9-10,12H,6,8H2,(H,17,18)/b7-5+. The Balaban J connectivity index is 1.90. The molecule has 1 atom stereocenters. The van der Waals surface area contributed by atoms with E-state index in [1.54, 1.807) is 0 Å². The third kappa shape index (κ3) is 2.12. The highest BCUT2D eigenvalue weighted by Crippen LogP contribution is 2.18. The molecule has 0 saturated carbocycles. The van der Waals surface area contributed by atoms with E-state index in [4.69, 9.17) is 0 Å². The minimum atomic E-state index is 0.135. The SMILES string of the molecule is O=C1CCC(/C=C/c2nccc3ccccc23)N1. The molecule has 1 unspecified atom stereocenters. The van der Waals surface area contributed by atoms with Gasteiger partial charge in [0.2, 0.25) is 5.91 Å². The van der Waals surface area contributed by atoms with Gasteiger partial charge in [0.05, 0.1) is 5.69 Å². The van der Waals surface area contributed by atoms with Crippen LogP contribution in [0.4, 0.5) is 0 Å². The van der Waals surface area contributed by atoms with Crippen LogP contribution in [0, 0.1) is 0 Å². The molecule has 1 amide bonds. The maximum absolute atomic E-state index is 11.1. The van der Waals surface area contributed by atoms with E-state index in [0.29, 0.717) is 6.42 Å². The van der Waals surface area contributed by atoms with E-state index >= 15 is 0 Å². The first-order chi connectivity index (χ1) is 8.83. The molecule has 0 spiro atoms. The third-order valence-electron chi connectivity index (χ3n) is 3.22. The van der Waals surface area contributed by atoms with Crippen molar-refractivity contribution in [1.29, 1.82) is 0 Å². The van der Waals surface area contributed by atoms with E-state index in [-0.39, 0.29) is 11.9 Å². The lowest BCUT2D eigenvalue weighted by molar-refractivity contribution is -0.119. The number of fused-ring (bicyclic) bond motifs is 1. The van der Waals surface area contributed by atoms with E-state index in [1.165, 1.54) is 5.39 Å². The fourth-order valence-electron chi connectivity index (χ4n) is 2.27. The maximum Gasteiger partial charge on any atom is 0.220 e. The van der Waals surface area contributed by atoms with Crippen molar-refractivity contribution in [3.63, 3.8) is 0 Å². The summed E-state index contributed by atoms with van der Waals surface area (Å²) in [4.78, 5) is 15.5. The van der Waals surface area contributed by atoms with Crippen LogP contribution >= 0.6 is 0 Å². The molecular weight excluding hydrogens is 224 g/mol. The van der Waals surface area contributed by atoms with Crippen LogP contribution in [0.25, 0.3) is 16.8 Å². The van der Waals surface area contributed by atoms with Crippen molar-refractivity contribution in [3.05, 3.63) is 48.3 Å². The fourth-order valence-corrected chi connectivity index (χ4v) is 2.27. The average Bonchev–Trinajstić information content (AvgIpc) is 2.82. The summed E-state index contributed by atoms with van der Waals surface area (Å²) >= 11 is 0. The molecule has 1 aromatic heterocycles. The van der Waals surface area contributed by atoms with Crippen LogP contribution in [0.3, 0.4) is 0 Å². The Kier molecular flexibility index (Phi) is 2.81. The Morgan fingerprint density at radius 1 is 1.28 bits per heavy atom. The third-order valence-corrected chi connectivity index (χ3v) is 3.22. The molecule has 18 heavy (non-hydrogen) atoms. The second-order valence-corrected chi connectivity index (χ2v) is 4.49. The molecule has 3 heteroatoms. The molecule has 0 aliphatic carbocycles. The molecule has 2 aromatic rings. The Bertz CT molecular complexity index is 613. The molecule has 0 radical (unpaired) electrons. The second-order valence-electron chi connectivity index (χ2n) is 4.49. The molecular formula is C15H14N2O. The van der Waals surface area contributed by atoms with Gasteiger partial charge < -0.3 is 5.32 Å². The highest BCUT2D eigenvalue weighted by Gasteiger charge is 2.17. The summed E-state index contributed by atoms with van der Waals surface area (Å²) in [5.74, 6) is 0.135. The largest absolute Gasteiger partial charge is 0.350 e. The predicted molar refractivity (Wildman–Crippen MR) is 71.9 cm³/mol. The zero-order valence-corrected chi connectivity index (χ0v) is 9.97. The van der Waals surface area contributed by atoms with Crippen molar-refractivity contribution < 1.29 is 4.79 Å². The van der Waals surface area contributed by atoms with Crippen molar-refractivity contribution in [3.8, 4) is 0 Å². The lowest BCUT2D eigenvalue weighted by Gasteiger charge is -2.04. The number of benzene rings is 1. The summed E-state index contributed by atoms with van der Waals surface area (Å²) in [5, 5.41) is 5.24. The number of aromatic nitrogens is 1. The van der Waals surface area contributed by atoms with Crippen LogP contribution in [0.1, 0.15) is 18.5 Å². The molecule has 1 aliphatic rings. The summed E-state index contributed by atoms with van der Waals surface area (Å²) in [5.41, 5.74) is 0.953. The summed E-state index contributed by atoms with van der Waals surface area (Å²) in [6, 6.07) is 10.3. The minimum Gasteiger partial charge on any atom is -0.350 e. The zero-order valence-electron chi connectivity index (χ0n) is 9.97. The number of hydrogen-bond donors (Lipinski definition) is 1. The Morgan fingerprint density at radius 2 is 2.17 bits per heavy atom. The Labute approximate surface area is 106 Å². The van der Waals surface area contributed by atoms with Crippen molar-refractivity contribution in [1.82, 2.24) is 10.3 Å². The highest BCUT2D eigenvalue weighted by molar-refractivity contribution is 5.89. The van der Waals surface area contributed by atoms with Crippen LogP contribution in [0.5, 0.6) is 0 Å². The summed E-state index contributed by atoms with van der Waals surface area (Å²) < 4.78 is 0. The molecule has 1 N–H and O–H groups in total. The number of carbonyl (C=O) groups is 1. The maximum atomic E-state index is 11.1. The Hall–Kier alpha value is -2.16. The monoisotopic (exact) mass is 238 g/mol. The van der Waals surface area contributed by atoms with E-state index in [0.717, 1.165) is 17.5 Å². The van der Waals surface area contributed by atoms with Gasteiger partial charge in [-0.1, -0.05) is 30.3 Å². The number of nitrogens with zero attached hydrogens (tertiary/aromatic N) is 1. The minimum absolute atomic E-state index is 0.135. The first kappa shape index (κ1) is 11.0. The molecule has 2 heterocycles. The van der Waals surface area contributed by atoms with Crippen molar-refractivity contribution >= 4 is 22.8 Å². The van der Waals surface area contributed by atoms with Crippen molar-refractivity contribution in [2.75, 3.05) is 0 Å². The van der Waals surface area contributed by atoms with Gasteiger partial charge in [0, 0.05) is 24.0 Å². The number of amides is 1. The van der Waals surface area contributed by atoms with Gasteiger partial charge in [-0.15, -0.1) is 0 Å². The van der Waals surface area contributed by atoms with E-state index in [9.17, 15) is 4.79 Å². The van der Waals surface area contributed by atoms with Crippen LogP contribution in [-0.2, 0) is 4.79 Å². The first-order valence-electron chi connectivity index (χ1n) is 6.14. The molecule has 1 fully saturated rings. The Morgan fingerprint density at radius 3 is 3.00 bits per heavy atom. The van der Waals surface area contributed by atoms with Crippen LogP contribution in [0.15, 0.2) is 42.6 Å². The van der Waals surface area contributed by atoms with E-state index in [1.807, 2.05) is 36.5 Å². The van der Waals surface area contributed by atoms with Gasteiger partial charge in [-0.3, -0.25) is 9.78 Å². The normalized spacial score (nSPS) is 19.6. The average molecular weight is 238 g/mol. The lowest BCUT2D eigenvalue weighted by atomic mass is 10.1. The van der Waals surface area contributed by atoms with Gasteiger partial charge in [0.15, 0.2) is 0 Å². The van der Waals surface area contributed by atoms with Crippen molar-refractivity contribution in [2.45, 2.75) is 18.9 Å². The van der Waals surface area contributed by atoms with Gasteiger partial charge in [-0.25, -0.2) is 0 Å². The zero-order chi connectivity index (χ0) is 12.4. The quantitative estimate of drug-likeness (QED) is 0.873. The van der Waals surface area contributed by atoms with Crippen LogP contribution in [0.2, 0.25) is 0 Å². The van der Waals surface area contributed by atoms with Crippen LogP contribution < -0.4 is 5.32 Å². The number of hydrogen-bond acceptors (Lipinski definition) is 2. The van der Waals surface area contributed by atoms with Gasteiger partial charge in [0.1, 0.15) is 0 Å². The molecule has 1 aliphatic heterocycles. The van der Waals surface area contributed by atoms with Crippen LogP contribution in [-0.4, -0.2) is 16.9 Å². The molecule has 1 saturated heterocycles. The second kappa shape index (κ2) is 4.61. The molecule has 90 valence electrons. The van der Waals surface area contributed by atoms with Gasteiger partial charge in [-0.05, 0) is 23.9 Å². The number of rotatable bonds is 2. The molecule has 0 bridgehead atoms. The summed E-state index contributed by atoms with van der Waals surface area (Å²) in [7, 11) is 0. The smallest absolute Gasteiger partial charge is 0.220 e. The fraction of sp³-hybridized carbons (Fsp3) is 0.200. The summed E-state index contributed by atoms with van der Waals surface area (Å²) in [6.45, 7) is 0. The van der Waals surface area contributed by atoms with Gasteiger partial charge in [0.25, 0.3) is 0 Å². The molecule has 3 rings (SSSR count). The number of nitrogens with one attached hydrogen (secondary N) is 1. The van der Waals surface area contributed by atoms with E-state index in [2.05, 4.69) is 22.4 Å². The van der Waals surface area contributed by atoms with Gasteiger partial charge >= 0.3 is 0 Å². The predicted octanol–water partition coefficient (Wildman–Crippen LogP) is 2.53.